The quantitative estimate of drug-likeness (QED) is 0.624. The summed E-state index contributed by atoms with van der Waals surface area (Å²) >= 11 is 5.90. The number of aromatic nitrogens is 3. The van der Waals surface area contributed by atoms with Crippen molar-refractivity contribution in [3.05, 3.63) is 45.0 Å². The average molecular weight is 360 g/mol. The van der Waals surface area contributed by atoms with Crippen molar-refractivity contribution in [2.24, 2.45) is 4.99 Å². The van der Waals surface area contributed by atoms with E-state index in [1.54, 1.807) is 25.9 Å². The standard InChI is InChI=1S/C14H13ClF3N5O/c1-8-4-11(24)23(13(21-8)20-7-22(2)3)12-10(15)5-9(6-19-12)14(16,17)18/h4-7H,1-3H3/b20-7+. The maximum atomic E-state index is 12.7. The van der Waals surface area contributed by atoms with Crippen LogP contribution in [0.15, 0.2) is 28.1 Å². The lowest BCUT2D eigenvalue weighted by Gasteiger charge is -2.12. The number of pyridine rings is 1. The minimum Gasteiger partial charge on any atom is -0.369 e. The molecular formula is C14H13ClF3N5O. The maximum Gasteiger partial charge on any atom is 0.417 e. The first-order valence-electron chi connectivity index (χ1n) is 6.64. The molecule has 2 rings (SSSR count). The Morgan fingerprint density at radius 2 is 2.00 bits per heavy atom. The lowest BCUT2D eigenvalue weighted by Crippen LogP contribution is -2.21. The summed E-state index contributed by atoms with van der Waals surface area (Å²) in [5, 5.41) is -0.334. The Balaban J connectivity index is 2.66. The van der Waals surface area contributed by atoms with Gasteiger partial charge in [-0.25, -0.2) is 19.5 Å². The summed E-state index contributed by atoms with van der Waals surface area (Å²) in [6.07, 6.45) is -2.58. The molecule has 0 spiro atoms. The van der Waals surface area contributed by atoms with E-state index in [9.17, 15) is 18.0 Å². The number of hydrogen-bond donors (Lipinski definition) is 0. The van der Waals surface area contributed by atoms with Gasteiger partial charge in [-0.2, -0.15) is 13.2 Å². The second-order valence-corrected chi connectivity index (χ2v) is 5.51. The molecule has 0 unspecified atom stereocenters. The van der Waals surface area contributed by atoms with Crippen LogP contribution in [-0.4, -0.2) is 39.9 Å². The van der Waals surface area contributed by atoms with Crippen molar-refractivity contribution in [2.75, 3.05) is 14.1 Å². The highest BCUT2D eigenvalue weighted by atomic mass is 35.5. The number of rotatable bonds is 3. The monoisotopic (exact) mass is 359 g/mol. The Morgan fingerprint density at radius 1 is 1.33 bits per heavy atom. The fraction of sp³-hybridized carbons (Fsp3) is 0.286. The van der Waals surface area contributed by atoms with Crippen LogP contribution in [0.3, 0.4) is 0 Å². The van der Waals surface area contributed by atoms with E-state index in [1.165, 1.54) is 12.4 Å². The second kappa shape index (κ2) is 6.60. The van der Waals surface area contributed by atoms with Gasteiger partial charge in [0.2, 0.25) is 5.95 Å². The topological polar surface area (TPSA) is 63.4 Å². The molecule has 0 saturated carbocycles. The number of nitrogens with zero attached hydrogens (tertiary/aromatic N) is 5. The Bertz CT molecular complexity index is 845. The summed E-state index contributed by atoms with van der Waals surface area (Å²) in [4.78, 5) is 25.7. The van der Waals surface area contributed by atoms with Crippen molar-refractivity contribution in [3.8, 4) is 5.82 Å². The molecule has 0 aliphatic heterocycles. The summed E-state index contributed by atoms with van der Waals surface area (Å²) in [6.45, 7) is 1.60. The molecule has 0 aliphatic rings. The average Bonchev–Trinajstić information content (AvgIpc) is 2.44. The molecule has 2 aromatic rings. The van der Waals surface area contributed by atoms with Crippen molar-refractivity contribution < 1.29 is 13.2 Å². The molecule has 128 valence electrons. The Kier molecular flexibility index (Phi) is 4.93. The number of halogens is 4. The van der Waals surface area contributed by atoms with E-state index in [4.69, 9.17) is 11.6 Å². The van der Waals surface area contributed by atoms with Crippen LogP contribution in [0.5, 0.6) is 0 Å². The van der Waals surface area contributed by atoms with Gasteiger partial charge in [-0.05, 0) is 13.0 Å². The normalized spacial score (nSPS) is 12.0. The number of aliphatic imine (C=N–C) groups is 1. The van der Waals surface area contributed by atoms with Crippen LogP contribution >= 0.6 is 11.6 Å². The molecule has 0 fully saturated rings. The molecule has 2 aromatic heterocycles. The molecule has 0 aromatic carbocycles. The van der Waals surface area contributed by atoms with Crippen molar-refractivity contribution >= 4 is 23.9 Å². The van der Waals surface area contributed by atoms with Gasteiger partial charge in [-0.1, -0.05) is 11.6 Å². The first-order chi connectivity index (χ1) is 11.1. The van der Waals surface area contributed by atoms with Crippen molar-refractivity contribution in [3.63, 3.8) is 0 Å². The van der Waals surface area contributed by atoms with Crippen LogP contribution in [-0.2, 0) is 6.18 Å². The molecule has 0 atom stereocenters. The molecule has 0 radical (unpaired) electrons. The molecule has 0 aliphatic carbocycles. The predicted molar refractivity (Wildman–Crippen MR) is 84.2 cm³/mol. The molecule has 10 heteroatoms. The molecular weight excluding hydrogens is 347 g/mol. The molecule has 0 saturated heterocycles. The number of alkyl halides is 3. The Labute approximate surface area is 140 Å². The van der Waals surface area contributed by atoms with Gasteiger partial charge in [0.25, 0.3) is 5.56 Å². The molecule has 6 nitrogen and oxygen atoms in total. The van der Waals surface area contributed by atoms with Crippen LogP contribution in [0.4, 0.5) is 19.1 Å². The fourth-order valence-electron chi connectivity index (χ4n) is 1.78. The largest absolute Gasteiger partial charge is 0.417 e. The van der Waals surface area contributed by atoms with E-state index in [2.05, 4.69) is 15.0 Å². The summed E-state index contributed by atoms with van der Waals surface area (Å²) in [7, 11) is 3.43. The van der Waals surface area contributed by atoms with E-state index in [0.29, 0.717) is 18.0 Å². The molecule has 0 N–H and O–H groups in total. The van der Waals surface area contributed by atoms with Crippen LogP contribution in [0.25, 0.3) is 5.82 Å². The van der Waals surface area contributed by atoms with Crippen molar-refractivity contribution in [1.29, 1.82) is 0 Å². The minimum absolute atomic E-state index is 0.0390. The third-order valence-corrected chi connectivity index (χ3v) is 3.07. The second-order valence-electron chi connectivity index (χ2n) is 5.11. The first-order valence-corrected chi connectivity index (χ1v) is 7.02. The highest BCUT2D eigenvalue weighted by molar-refractivity contribution is 6.32. The molecule has 2 heterocycles. The lowest BCUT2D eigenvalue weighted by molar-refractivity contribution is -0.137. The SMILES string of the molecule is Cc1cc(=O)n(-c2ncc(C(F)(F)F)cc2Cl)c(/N=C/N(C)C)n1. The molecule has 0 bridgehead atoms. The highest BCUT2D eigenvalue weighted by Gasteiger charge is 2.32. The van der Waals surface area contributed by atoms with Crippen LogP contribution in [0, 0.1) is 6.92 Å². The van der Waals surface area contributed by atoms with Crippen molar-refractivity contribution in [1.82, 2.24) is 19.4 Å². The smallest absolute Gasteiger partial charge is 0.369 e. The highest BCUT2D eigenvalue weighted by Crippen LogP contribution is 2.32. The summed E-state index contributed by atoms with van der Waals surface area (Å²) in [5.41, 5.74) is -1.16. The zero-order chi connectivity index (χ0) is 18.1. The van der Waals surface area contributed by atoms with Crippen LogP contribution in [0.1, 0.15) is 11.3 Å². The minimum atomic E-state index is -4.59. The summed E-state index contributed by atoms with van der Waals surface area (Å²) in [6, 6.07) is 1.92. The third kappa shape index (κ3) is 3.91. The zero-order valence-electron chi connectivity index (χ0n) is 13.0. The summed E-state index contributed by atoms with van der Waals surface area (Å²) < 4.78 is 39.1. The summed E-state index contributed by atoms with van der Waals surface area (Å²) in [5.74, 6) is -0.212. The predicted octanol–water partition coefficient (Wildman–Crippen LogP) is 2.83. The fourth-order valence-corrected chi connectivity index (χ4v) is 2.04. The van der Waals surface area contributed by atoms with Gasteiger partial charge in [0.1, 0.15) is 0 Å². The van der Waals surface area contributed by atoms with Gasteiger partial charge < -0.3 is 4.90 Å². The van der Waals surface area contributed by atoms with E-state index in [0.717, 1.165) is 4.57 Å². The molecule has 0 amide bonds. The van der Waals surface area contributed by atoms with Crippen molar-refractivity contribution in [2.45, 2.75) is 13.1 Å². The number of aryl methyl sites for hydroxylation is 1. The number of hydrogen-bond acceptors (Lipinski definition) is 4. The van der Waals surface area contributed by atoms with E-state index in [-0.39, 0.29) is 16.8 Å². The van der Waals surface area contributed by atoms with Crippen LogP contribution in [0.2, 0.25) is 5.02 Å². The van der Waals surface area contributed by atoms with Gasteiger partial charge >= 0.3 is 6.18 Å². The molecule has 24 heavy (non-hydrogen) atoms. The zero-order valence-corrected chi connectivity index (χ0v) is 13.7. The van der Waals surface area contributed by atoms with Gasteiger partial charge in [0.05, 0.1) is 16.9 Å². The maximum absolute atomic E-state index is 12.7. The van der Waals surface area contributed by atoms with Gasteiger partial charge in [-0.3, -0.25) is 4.79 Å². The third-order valence-electron chi connectivity index (χ3n) is 2.79. The van der Waals surface area contributed by atoms with E-state index >= 15 is 0 Å². The van der Waals surface area contributed by atoms with Crippen LogP contribution < -0.4 is 5.56 Å². The van der Waals surface area contributed by atoms with Gasteiger partial charge in [0, 0.05) is 32.1 Å². The Morgan fingerprint density at radius 3 is 2.54 bits per heavy atom. The van der Waals surface area contributed by atoms with Gasteiger partial charge in [-0.15, -0.1) is 0 Å². The van der Waals surface area contributed by atoms with E-state index < -0.39 is 17.3 Å². The van der Waals surface area contributed by atoms with E-state index in [1.807, 2.05) is 0 Å². The first kappa shape index (κ1) is 17.9. The van der Waals surface area contributed by atoms with Gasteiger partial charge in [0.15, 0.2) is 5.82 Å². The Hall–Kier alpha value is -2.42. The lowest BCUT2D eigenvalue weighted by atomic mass is 10.2.